The van der Waals surface area contributed by atoms with Gasteiger partial charge in [-0.05, 0) is 24.5 Å². The van der Waals surface area contributed by atoms with E-state index in [0.717, 1.165) is 35.3 Å². The van der Waals surface area contributed by atoms with Gasteiger partial charge >= 0.3 is 0 Å². The highest BCUT2D eigenvalue weighted by atomic mass is 32.1. The van der Waals surface area contributed by atoms with Crippen LogP contribution in [0, 0.1) is 6.92 Å². The Morgan fingerprint density at radius 1 is 1.14 bits per heavy atom. The van der Waals surface area contributed by atoms with E-state index in [1.807, 2.05) is 42.2 Å². The van der Waals surface area contributed by atoms with Gasteiger partial charge in [-0.25, -0.2) is 0 Å². The summed E-state index contributed by atoms with van der Waals surface area (Å²) in [4.78, 5) is 28.5. The molecule has 2 aromatic rings. The van der Waals surface area contributed by atoms with Crippen LogP contribution in [-0.4, -0.2) is 43.0 Å². The number of nitrogens with one attached hydrogen (secondary N) is 1. The van der Waals surface area contributed by atoms with Crippen LogP contribution in [0.5, 0.6) is 0 Å². The second-order valence-electron chi connectivity index (χ2n) is 7.04. The van der Waals surface area contributed by atoms with Crippen LogP contribution >= 0.6 is 11.3 Å². The zero-order valence-corrected chi connectivity index (χ0v) is 17.4. The first-order chi connectivity index (χ1) is 13.6. The zero-order chi connectivity index (χ0) is 19.9. The fourth-order valence-corrected chi connectivity index (χ4v) is 4.59. The highest BCUT2D eigenvalue weighted by molar-refractivity contribution is 7.20. The van der Waals surface area contributed by atoms with Crippen LogP contribution in [0.2, 0.25) is 0 Å². The minimum Gasteiger partial charge on any atom is -0.378 e. The van der Waals surface area contributed by atoms with Gasteiger partial charge < -0.3 is 15.0 Å². The summed E-state index contributed by atoms with van der Waals surface area (Å²) in [6.07, 6.45) is 3.46. The van der Waals surface area contributed by atoms with Crippen molar-refractivity contribution >= 4 is 28.2 Å². The third-order valence-electron chi connectivity index (χ3n) is 4.96. The van der Waals surface area contributed by atoms with Crippen molar-refractivity contribution in [3.63, 3.8) is 0 Å². The molecule has 1 aromatic heterocycles. The number of unbranched alkanes of at least 4 members (excludes halogenated alkanes) is 2. The quantitative estimate of drug-likeness (QED) is 0.685. The number of amides is 2. The summed E-state index contributed by atoms with van der Waals surface area (Å²) in [6, 6.07) is 10.0. The Bertz CT molecular complexity index is 811. The molecule has 0 saturated carbocycles. The van der Waals surface area contributed by atoms with Crippen LogP contribution in [0.1, 0.15) is 48.5 Å². The molecule has 0 bridgehead atoms. The SMILES string of the molecule is CCCCCC(=O)Nc1sc(-c2ccccc2)c(C)c1C(=O)N1CCOCC1. The lowest BCUT2D eigenvalue weighted by Gasteiger charge is -2.27. The first-order valence-corrected chi connectivity index (χ1v) is 10.8. The Balaban J connectivity index is 1.91. The van der Waals surface area contributed by atoms with Gasteiger partial charge in [0.15, 0.2) is 0 Å². The molecule has 1 fully saturated rings. The van der Waals surface area contributed by atoms with Gasteiger partial charge in [0.2, 0.25) is 5.91 Å². The molecular formula is C22H28N2O3S. The number of rotatable bonds is 7. The van der Waals surface area contributed by atoms with E-state index in [-0.39, 0.29) is 11.8 Å². The van der Waals surface area contributed by atoms with Crippen LogP contribution in [0.4, 0.5) is 5.00 Å². The van der Waals surface area contributed by atoms with Crippen LogP contribution < -0.4 is 5.32 Å². The molecule has 1 saturated heterocycles. The molecule has 2 amide bonds. The molecule has 0 radical (unpaired) electrons. The summed E-state index contributed by atoms with van der Waals surface area (Å²) in [5.41, 5.74) is 2.61. The van der Waals surface area contributed by atoms with Crippen molar-refractivity contribution in [2.75, 3.05) is 31.6 Å². The number of anilines is 1. The van der Waals surface area contributed by atoms with Crippen molar-refractivity contribution in [3.05, 3.63) is 41.5 Å². The molecule has 1 aromatic carbocycles. The van der Waals surface area contributed by atoms with Gasteiger partial charge in [0.25, 0.3) is 5.91 Å². The van der Waals surface area contributed by atoms with E-state index in [4.69, 9.17) is 4.74 Å². The number of thiophene rings is 1. The van der Waals surface area contributed by atoms with Crippen LogP contribution in [0.15, 0.2) is 30.3 Å². The summed E-state index contributed by atoms with van der Waals surface area (Å²) in [6.45, 7) is 6.36. The second kappa shape index (κ2) is 9.85. The monoisotopic (exact) mass is 400 g/mol. The van der Waals surface area contributed by atoms with Gasteiger partial charge in [-0.15, -0.1) is 11.3 Å². The number of ether oxygens (including phenoxy) is 1. The number of hydrogen-bond donors (Lipinski definition) is 1. The van der Waals surface area contributed by atoms with Gasteiger partial charge in [0.05, 0.1) is 18.8 Å². The lowest BCUT2D eigenvalue weighted by molar-refractivity contribution is -0.116. The average Bonchev–Trinajstić information content (AvgIpc) is 3.04. The molecule has 0 spiro atoms. The molecule has 1 N–H and O–H groups in total. The summed E-state index contributed by atoms with van der Waals surface area (Å²) >= 11 is 1.49. The Morgan fingerprint density at radius 3 is 2.54 bits per heavy atom. The van der Waals surface area contributed by atoms with E-state index in [0.29, 0.717) is 43.3 Å². The van der Waals surface area contributed by atoms with Crippen molar-refractivity contribution in [2.24, 2.45) is 0 Å². The molecule has 2 heterocycles. The summed E-state index contributed by atoms with van der Waals surface area (Å²) < 4.78 is 5.38. The number of carbonyl (C=O) groups is 2. The average molecular weight is 401 g/mol. The Kier molecular flexibility index (Phi) is 7.23. The van der Waals surface area contributed by atoms with Crippen LogP contribution in [-0.2, 0) is 9.53 Å². The molecule has 0 unspecified atom stereocenters. The smallest absolute Gasteiger partial charge is 0.257 e. The van der Waals surface area contributed by atoms with Gasteiger partial charge in [-0.1, -0.05) is 50.1 Å². The highest BCUT2D eigenvalue weighted by Gasteiger charge is 2.27. The fraction of sp³-hybridized carbons (Fsp3) is 0.455. The van der Waals surface area contributed by atoms with E-state index in [9.17, 15) is 9.59 Å². The van der Waals surface area contributed by atoms with E-state index in [1.54, 1.807) is 0 Å². The van der Waals surface area contributed by atoms with E-state index in [2.05, 4.69) is 12.2 Å². The topological polar surface area (TPSA) is 58.6 Å². The molecule has 5 nitrogen and oxygen atoms in total. The first-order valence-electron chi connectivity index (χ1n) is 9.97. The van der Waals surface area contributed by atoms with Gasteiger partial charge in [-0.3, -0.25) is 9.59 Å². The lowest BCUT2D eigenvalue weighted by atomic mass is 10.1. The summed E-state index contributed by atoms with van der Waals surface area (Å²) in [5.74, 6) is -0.0478. The molecule has 0 aliphatic carbocycles. The number of hydrogen-bond acceptors (Lipinski definition) is 4. The second-order valence-corrected chi connectivity index (χ2v) is 8.06. The Hall–Kier alpha value is -2.18. The minimum absolute atomic E-state index is 0.0228. The molecule has 28 heavy (non-hydrogen) atoms. The third-order valence-corrected chi connectivity index (χ3v) is 6.21. The predicted molar refractivity (Wildman–Crippen MR) is 114 cm³/mol. The first kappa shape index (κ1) is 20.6. The van der Waals surface area contributed by atoms with Crippen molar-refractivity contribution in [1.82, 2.24) is 4.90 Å². The number of morpholine rings is 1. The fourth-order valence-electron chi connectivity index (χ4n) is 3.37. The molecule has 0 atom stereocenters. The Labute approximate surface area is 170 Å². The van der Waals surface area contributed by atoms with Gasteiger partial charge in [0, 0.05) is 24.4 Å². The normalized spacial score (nSPS) is 14.1. The third kappa shape index (κ3) is 4.80. The Morgan fingerprint density at radius 2 is 1.86 bits per heavy atom. The van der Waals surface area contributed by atoms with Crippen molar-refractivity contribution in [2.45, 2.75) is 39.5 Å². The molecule has 1 aliphatic heterocycles. The van der Waals surface area contributed by atoms with Crippen molar-refractivity contribution in [1.29, 1.82) is 0 Å². The summed E-state index contributed by atoms with van der Waals surface area (Å²) in [7, 11) is 0. The predicted octanol–water partition coefficient (Wildman–Crippen LogP) is 4.71. The number of benzene rings is 1. The largest absolute Gasteiger partial charge is 0.378 e. The molecule has 150 valence electrons. The van der Waals surface area contributed by atoms with Gasteiger partial charge in [-0.2, -0.15) is 0 Å². The molecule has 1 aliphatic rings. The molecule has 6 heteroatoms. The highest BCUT2D eigenvalue weighted by Crippen LogP contribution is 2.40. The van der Waals surface area contributed by atoms with Crippen LogP contribution in [0.25, 0.3) is 10.4 Å². The maximum atomic E-state index is 13.3. The molecule has 3 rings (SSSR count). The maximum Gasteiger partial charge on any atom is 0.257 e. The van der Waals surface area contributed by atoms with E-state index < -0.39 is 0 Å². The van der Waals surface area contributed by atoms with Crippen LogP contribution in [0.3, 0.4) is 0 Å². The van der Waals surface area contributed by atoms with Crippen molar-refractivity contribution < 1.29 is 14.3 Å². The number of nitrogens with zero attached hydrogens (tertiary/aromatic N) is 1. The maximum absolute atomic E-state index is 13.3. The standard InChI is InChI=1S/C22H28N2O3S/c1-3-4-6-11-18(25)23-21-19(22(26)24-12-14-27-15-13-24)16(2)20(28-21)17-9-7-5-8-10-17/h5,7-10H,3-4,6,11-15H2,1-2H3,(H,23,25). The van der Waals surface area contributed by atoms with E-state index in [1.165, 1.54) is 11.3 Å². The summed E-state index contributed by atoms with van der Waals surface area (Å²) in [5, 5.41) is 3.68. The van der Waals surface area contributed by atoms with Crippen molar-refractivity contribution in [3.8, 4) is 10.4 Å². The minimum atomic E-state index is -0.0249. The number of carbonyl (C=O) groups excluding carboxylic acids is 2. The lowest BCUT2D eigenvalue weighted by Crippen LogP contribution is -2.41. The van der Waals surface area contributed by atoms with E-state index >= 15 is 0 Å². The van der Waals surface area contributed by atoms with Gasteiger partial charge in [0.1, 0.15) is 5.00 Å². The zero-order valence-electron chi connectivity index (χ0n) is 16.6. The molecular weight excluding hydrogens is 372 g/mol.